The van der Waals surface area contributed by atoms with Gasteiger partial charge in [-0.2, -0.15) is 0 Å². The summed E-state index contributed by atoms with van der Waals surface area (Å²) < 4.78 is 5.12. The maximum atomic E-state index is 12.1. The van der Waals surface area contributed by atoms with Crippen LogP contribution in [0.1, 0.15) is 15.9 Å². The molecule has 2 aromatic carbocycles. The number of rotatable bonds is 3. The van der Waals surface area contributed by atoms with Gasteiger partial charge in [-0.05, 0) is 36.4 Å². The van der Waals surface area contributed by atoms with Crippen molar-refractivity contribution in [2.45, 2.75) is 0 Å². The molecule has 0 heterocycles. The van der Waals surface area contributed by atoms with Gasteiger partial charge in [0.1, 0.15) is 5.75 Å². The van der Waals surface area contributed by atoms with Crippen molar-refractivity contribution in [3.63, 3.8) is 0 Å². The Morgan fingerprint density at radius 1 is 1.24 bits per heavy atom. The van der Waals surface area contributed by atoms with Gasteiger partial charge in [0.2, 0.25) is 0 Å². The van der Waals surface area contributed by atoms with Gasteiger partial charge in [-0.1, -0.05) is 17.9 Å². The molecule has 0 saturated carbocycles. The molecule has 0 radical (unpaired) electrons. The summed E-state index contributed by atoms with van der Waals surface area (Å²) in [5.74, 6) is 6.20. The van der Waals surface area contributed by atoms with Crippen molar-refractivity contribution in [1.29, 1.82) is 0 Å². The molecule has 106 valence electrons. The van der Waals surface area contributed by atoms with Crippen molar-refractivity contribution in [3.8, 4) is 17.6 Å². The fourth-order valence-corrected chi connectivity index (χ4v) is 1.76. The SMILES string of the molecule is COc1cccc(NC(=O)c2ccc(C#CCN)cc2)c1. The molecule has 0 bridgehead atoms. The van der Waals surface area contributed by atoms with E-state index >= 15 is 0 Å². The van der Waals surface area contributed by atoms with Gasteiger partial charge in [0, 0.05) is 22.9 Å². The Bertz CT molecular complexity index is 682. The van der Waals surface area contributed by atoms with Crippen molar-refractivity contribution in [3.05, 3.63) is 59.7 Å². The van der Waals surface area contributed by atoms with Gasteiger partial charge >= 0.3 is 0 Å². The number of amides is 1. The third-order valence-electron chi connectivity index (χ3n) is 2.81. The number of hydrogen-bond donors (Lipinski definition) is 2. The number of ether oxygens (including phenoxy) is 1. The van der Waals surface area contributed by atoms with Gasteiger partial charge in [-0.3, -0.25) is 4.79 Å². The number of carbonyl (C=O) groups excluding carboxylic acids is 1. The minimum absolute atomic E-state index is 0.179. The Morgan fingerprint density at radius 2 is 2.00 bits per heavy atom. The highest BCUT2D eigenvalue weighted by Crippen LogP contribution is 2.17. The lowest BCUT2D eigenvalue weighted by atomic mass is 10.1. The summed E-state index contributed by atoms with van der Waals surface area (Å²) in [7, 11) is 1.59. The van der Waals surface area contributed by atoms with E-state index in [4.69, 9.17) is 10.5 Å². The van der Waals surface area contributed by atoms with Crippen LogP contribution in [0.15, 0.2) is 48.5 Å². The minimum atomic E-state index is -0.179. The molecule has 0 aliphatic carbocycles. The van der Waals surface area contributed by atoms with Gasteiger partial charge < -0.3 is 15.8 Å². The lowest BCUT2D eigenvalue weighted by molar-refractivity contribution is 0.102. The molecule has 0 aromatic heterocycles. The van der Waals surface area contributed by atoms with Crippen LogP contribution in [0.4, 0.5) is 5.69 Å². The van der Waals surface area contributed by atoms with E-state index < -0.39 is 0 Å². The fraction of sp³-hybridized carbons (Fsp3) is 0.118. The van der Waals surface area contributed by atoms with Crippen LogP contribution < -0.4 is 15.8 Å². The molecule has 3 N–H and O–H groups in total. The maximum absolute atomic E-state index is 12.1. The topological polar surface area (TPSA) is 64.3 Å². The first-order chi connectivity index (χ1) is 10.2. The van der Waals surface area contributed by atoms with E-state index in [1.165, 1.54) is 0 Å². The summed E-state index contributed by atoms with van der Waals surface area (Å²) >= 11 is 0. The minimum Gasteiger partial charge on any atom is -0.497 e. The van der Waals surface area contributed by atoms with E-state index in [0.717, 1.165) is 5.56 Å². The monoisotopic (exact) mass is 280 g/mol. The van der Waals surface area contributed by atoms with Gasteiger partial charge in [-0.15, -0.1) is 0 Å². The van der Waals surface area contributed by atoms with Crippen LogP contribution >= 0.6 is 0 Å². The van der Waals surface area contributed by atoms with Crippen LogP contribution in [-0.2, 0) is 0 Å². The fourth-order valence-electron chi connectivity index (χ4n) is 1.76. The van der Waals surface area contributed by atoms with E-state index in [-0.39, 0.29) is 5.91 Å². The molecule has 21 heavy (non-hydrogen) atoms. The number of nitrogens with one attached hydrogen (secondary N) is 1. The third-order valence-corrected chi connectivity index (χ3v) is 2.81. The number of methoxy groups -OCH3 is 1. The summed E-state index contributed by atoms with van der Waals surface area (Å²) in [6, 6.07) is 14.3. The molecule has 1 amide bonds. The molecule has 0 fully saturated rings. The van der Waals surface area contributed by atoms with Crippen molar-refractivity contribution < 1.29 is 9.53 Å². The molecule has 0 saturated heterocycles. The highest BCUT2D eigenvalue weighted by atomic mass is 16.5. The van der Waals surface area contributed by atoms with Crippen LogP contribution in [-0.4, -0.2) is 19.6 Å². The van der Waals surface area contributed by atoms with Crippen LogP contribution in [0.25, 0.3) is 0 Å². The lowest BCUT2D eigenvalue weighted by Gasteiger charge is -2.07. The summed E-state index contributed by atoms with van der Waals surface area (Å²) in [5, 5.41) is 2.82. The Kier molecular flexibility index (Phi) is 4.97. The Morgan fingerprint density at radius 3 is 2.67 bits per heavy atom. The molecule has 0 atom stereocenters. The molecule has 0 aliphatic rings. The highest BCUT2D eigenvalue weighted by molar-refractivity contribution is 6.04. The van der Waals surface area contributed by atoms with E-state index in [2.05, 4.69) is 17.2 Å². The van der Waals surface area contributed by atoms with Crippen molar-refractivity contribution >= 4 is 11.6 Å². The van der Waals surface area contributed by atoms with Crippen molar-refractivity contribution in [1.82, 2.24) is 0 Å². The van der Waals surface area contributed by atoms with Gasteiger partial charge in [0.25, 0.3) is 5.91 Å². The van der Waals surface area contributed by atoms with E-state index in [0.29, 0.717) is 23.5 Å². The molecular formula is C17H16N2O2. The summed E-state index contributed by atoms with van der Waals surface area (Å²) in [6.45, 7) is 0.318. The first kappa shape index (κ1) is 14.6. The second-order valence-electron chi connectivity index (χ2n) is 4.27. The smallest absolute Gasteiger partial charge is 0.255 e. The number of carbonyl (C=O) groups is 1. The predicted octanol–water partition coefficient (Wildman–Crippen LogP) is 2.26. The number of benzene rings is 2. The number of nitrogens with two attached hydrogens (primary N) is 1. The lowest BCUT2D eigenvalue weighted by Crippen LogP contribution is -2.11. The molecular weight excluding hydrogens is 264 g/mol. The Balaban J connectivity index is 2.09. The average Bonchev–Trinajstić information content (AvgIpc) is 2.53. The molecule has 0 unspecified atom stereocenters. The van der Waals surface area contributed by atoms with Crippen LogP contribution in [0.5, 0.6) is 5.75 Å². The zero-order valence-corrected chi connectivity index (χ0v) is 11.7. The summed E-state index contributed by atoms with van der Waals surface area (Å²) in [4.78, 5) is 12.1. The summed E-state index contributed by atoms with van der Waals surface area (Å²) in [6.07, 6.45) is 0. The van der Waals surface area contributed by atoms with E-state index in [1.54, 1.807) is 37.4 Å². The number of hydrogen-bond acceptors (Lipinski definition) is 3. The average molecular weight is 280 g/mol. The molecule has 0 aliphatic heterocycles. The molecule has 4 nitrogen and oxygen atoms in total. The largest absolute Gasteiger partial charge is 0.497 e. The standard InChI is InChI=1S/C17H16N2O2/c1-21-16-6-2-5-15(12-16)19-17(20)14-9-7-13(8-10-14)4-3-11-18/h2,5-10,12H,11,18H2,1H3,(H,19,20). The summed E-state index contributed by atoms with van der Waals surface area (Å²) in [5.41, 5.74) is 7.40. The third kappa shape index (κ3) is 4.10. The maximum Gasteiger partial charge on any atom is 0.255 e. The predicted molar refractivity (Wildman–Crippen MR) is 83.3 cm³/mol. The number of anilines is 1. The van der Waals surface area contributed by atoms with Crippen LogP contribution in [0.3, 0.4) is 0 Å². The highest BCUT2D eigenvalue weighted by Gasteiger charge is 2.06. The second kappa shape index (κ2) is 7.13. The van der Waals surface area contributed by atoms with Gasteiger partial charge in [0.05, 0.1) is 13.7 Å². The Labute approximate surface area is 123 Å². The van der Waals surface area contributed by atoms with Crippen molar-refractivity contribution in [2.24, 2.45) is 5.73 Å². The van der Waals surface area contributed by atoms with Gasteiger partial charge in [0.15, 0.2) is 0 Å². The Hall–Kier alpha value is -2.77. The first-order valence-electron chi connectivity index (χ1n) is 6.47. The zero-order valence-electron chi connectivity index (χ0n) is 11.7. The normalized spacial score (nSPS) is 9.43. The molecule has 2 rings (SSSR count). The quantitative estimate of drug-likeness (QED) is 0.848. The molecule has 0 spiro atoms. The van der Waals surface area contributed by atoms with Crippen LogP contribution in [0, 0.1) is 11.8 Å². The van der Waals surface area contributed by atoms with Gasteiger partial charge in [-0.25, -0.2) is 0 Å². The first-order valence-corrected chi connectivity index (χ1v) is 6.47. The molecule has 4 heteroatoms. The van der Waals surface area contributed by atoms with Crippen LogP contribution in [0.2, 0.25) is 0 Å². The van der Waals surface area contributed by atoms with E-state index in [1.807, 2.05) is 18.2 Å². The van der Waals surface area contributed by atoms with E-state index in [9.17, 15) is 4.79 Å². The second-order valence-corrected chi connectivity index (χ2v) is 4.27. The molecule has 2 aromatic rings. The zero-order chi connectivity index (χ0) is 15.1. The van der Waals surface area contributed by atoms with Crippen molar-refractivity contribution in [2.75, 3.05) is 19.0 Å².